The fourth-order valence-corrected chi connectivity index (χ4v) is 2.28. The van der Waals surface area contributed by atoms with Gasteiger partial charge in [0.2, 0.25) is 0 Å². The van der Waals surface area contributed by atoms with E-state index in [-0.39, 0.29) is 11.7 Å². The molecule has 2 nitrogen and oxygen atoms in total. The lowest BCUT2D eigenvalue weighted by molar-refractivity contribution is 0.0932. The van der Waals surface area contributed by atoms with E-state index in [0.717, 1.165) is 0 Å². The number of ketones is 1. The number of halogens is 1. The summed E-state index contributed by atoms with van der Waals surface area (Å²) in [5, 5.41) is 0. The van der Waals surface area contributed by atoms with E-state index in [0.29, 0.717) is 11.3 Å². The van der Waals surface area contributed by atoms with Crippen LogP contribution in [-0.2, 0) is 0 Å². The maximum absolute atomic E-state index is 12.3. The number of hydrogen-bond donors (Lipinski definition) is 1. The molecular weight excluding hydrogens is 234 g/mol. The van der Waals surface area contributed by atoms with Gasteiger partial charge in [0, 0.05) is 11.3 Å². The second kappa shape index (κ2) is 4.38. The SMILES string of the molecule is CC1(Cl)C=C(N)C=CC1C(=O)c1ccccc1. The Morgan fingerprint density at radius 3 is 2.59 bits per heavy atom. The molecule has 1 aromatic rings. The Labute approximate surface area is 106 Å². The van der Waals surface area contributed by atoms with Gasteiger partial charge < -0.3 is 5.73 Å². The summed E-state index contributed by atoms with van der Waals surface area (Å²) in [5.41, 5.74) is 6.96. The Bertz CT molecular complexity index is 488. The molecular formula is C14H14ClNO. The molecule has 2 rings (SSSR count). The highest BCUT2D eigenvalue weighted by atomic mass is 35.5. The summed E-state index contributed by atoms with van der Waals surface area (Å²) in [4.78, 5) is 11.6. The second-order valence-electron chi connectivity index (χ2n) is 4.36. The van der Waals surface area contributed by atoms with Gasteiger partial charge in [-0.2, -0.15) is 0 Å². The van der Waals surface area contributed by atoms with Gasteiger partial charge >= 0.3 is 0 Å². The van der Waals surface area contributed by atoms with Gasteiger partial charge in [0.15, 0.2) is 5.78 Å². The zero-order valence-electron chi connectivity index (χ0n) is 9.56. The molecule has 1 aliphatic carbocycles. The fraction of sp³-hybridized carbons (Fsp3) is 0.214. The maximum atomic E-state index is 12.3. The number of alkyl halides is 1. The number of rotatable bonds is 2. The molecule has 0 spiro atoms. The molecule has 88 valence electrons. The summed E-state index contributed by atoms with van der Waals surface area (Å²) < 4.78 is 0. The number of Topliss-reactive ketones (excluding diaryl/α,β-unsaturated/α-hetero) is 1. The molecule has 3 heteroatoms. The van der Waals surface area contributed by atoms with Gasteiger partial charge in [0.1, 0.15) is 0 Å². The molecule has 0 aliphatic heterocycles. The molecule has 0 radical (unpaired) electrons. The van der Waals surface area contributed by atoms with Crippen LogP contribution in [0.5, 0.6) is 0 Å². The van der Waals surface area contributed by atoms with Crippen LogP contribution in [0.3, 0.4) is 0 Å². The average molecular weight is 248 g/mol. The maximum Gasteiger partial charge on any atom is 0.171 e. The number of carbonyl (C=O) groups is 1. The third-order valence-corrected chi connectivity index (χ3v) is 3.22. The standard InChI is InChI=1S/C14H14ClNO/c1-14(15)9-11(16)7-8-12(14)13(17)10-5-3-2-4-6-10/h2-9,12H,16H2,1H3. The number of nitrogens with two attached hydrogens (primary N) is 1. The van der Waals surface area contributed by atoms with E-state index in [1.54, 1.807) is 37.3 Å². The van der Waals surface area contributed by atoms with Crippen LogP contribution in [0, 0.1) is 5.92 Å². The zero-order valence-corrected chi connectivity index (χ0v) is 10.3. The van der Waals surface area contributed by atoms with Crippen molar-refractivity contribution in [1.29, 1.82) is 0 Å². The van der Waals surface area contributed by atoms with Crippen LogP contribution in [0.2, 0.25) is 0 Å². The summed E-state index contributed by atoms with van der Waals surface area (Å²) in [5.74, 6) is -0.359. The lowest BCUT2D eigenvalue weighted by Gasteiger charge is -2.29. The van der Waals surface area contributed by atoms with Gasteiger partial charge in [0.05, 0.1) is 10.8 Å². The summed E-state index contributed by atoms with van der Waals surface area (Å²) in [6.07, 6.45) is 5.23. The highest BCUT2D eigenvalue weighted by Crippen LogP contribution is 2.34. The first-order chi connectivity index (χ1) is 8.00. The van der Waals surface area contributed by atoms with Crippen LogP contribution >= 0.6 is 11.6 Å². The van der Waals surface area contributed by atoms with Gasteiger partial charge in [-0.05, 0) is 19.1 Å². The quantitative estimate of drug-likeness (QED) is 0.645. The van der Waals surface area contributed by atoms with Crippen LogP contribution in [-0.4, -0.2) is 10.7 Å². The average Bonchev–Trinajstić information content (AvgIpc) is 2.28. The highest BCUT2D eigenvalue weighted by molar-refractivity contribution is 6.27. The second-order valence-corrected chi connectivity index (χ2v) is 5.18. The van der Waals surface area contributed by atoms with Crippen LogP contribution in [0.25, 0.3) is 0 Å². The third-order valence-electron chi connectivity index (χ3n) is 2.88. The Kier molecular flexibility index (Phi) is 3.07. The van der Waals surface area contributed by atoms with Crippen molar-refractivity contribution in [2.24, 2.45) is 11.7 Å². The Hall–Kier alpha value is -1.54. The van der Waals surface area contributed by atoms with Gasteiger partial charge in [-0.15, -0.1) is 11.6 Å². The first kappa shape index (κ1) is 11.9. The van der Waals surface area contributed by atoms with E-state index >= 15 is 0 Å². The van der Waals surface area contributed by atoms with E-state index in [2.05, 4.69) is 0 Å². The Balaban J connectivity index is 2.31. The van der Waals surface area contributed by atoms with Crippen molar-refractivity contribution >= 4 is 17.4 Å². The van der Waals surface area contributed by atoms with Gasteiger partial charge in [0.25, 0.3) is 0 Å². The molecule has 0 bridgehead atoms. The molecule has 0 fully saturated rings. The van der Waals surface area contributed by atoms with Crippen molar-refractivity contribution in [3.63, 3.8) is 0 Å². The molecule has 2 unspecified atom stereocenters. The monoisotopic (exact) mass is 247 g/mol. The Morgan fingerprint density at radius 2 is 2.00 bits per heavy atom. The topological polar surface area (TPSA) is 43.1 Å². The fourth-order valence-electron chi connectivity index (χ4n) is 1.98. The van der Waals surface area contributed by atoms with Crippen molar-refractivity contribution < 1.29 is 4.79 Å². The van der Waals surface area contributed by atoms with Crippen LogP contribution in [0.15, 0.2) is 54.3 Å². The number of allylic oxidation sites excluding steroid dienone is 3. The first-order valence-corrected chi connectivity index (χ1v) is 5.83. The largest absolute Gasteiger partial charge is 0.399 e. The van der Waals surface area contributed by atoms with Crippen molar-refractivity contribution in [2.45, 2.75) is 11.8 Å². The smallest absolute Gasteiger partial charge is 0.171 e. The predicted molar refractivity (Wildman–Crippen MR) is 69.9 cm³/mol. The minimum atomic E-state index is -0.758. The number of benzene rings is 1. The van der Waals surface area contributed by atoms with Crippen molar-refractivity contribution in [1.82, 2.24) is 0 Å². The van der Waals surface area contributed by atoms with Crippen molar-refractivity contribution in [3.8, 4) is 0 Å². The lowest BCUT2D eigenvalue weighted by atomic mass is 9.82. The van der Waals surface area contributed by atoms with E-state index in [4.69, 9.17) is 17.3 Å². The van der Waals surface area contributed by atoms with Crippen LogP contribution < -0.4 is 5.73 Å². The molecule has 2 atom stereocenters. The molecule has 0 saturated carbocycles. The molecule has 2 N–H and O–H groups in total. The van der Waals surface area contributed by atoms with Gasteiger partial charge in [-0.1, -0.05) is 36.4 Å². The first-order valence-electron chi connectivity index (χ1n) is 5.45. The van der Waals surface area contributed by atoms with Gasteiger partial charge in [-0.3, -0.25) is 4.79 Å². The molecule has 17 heavy (non-hydrogen) atoms. The number of carbonyl (C=O) groups excluding carboxylic acids is 1. The van der Waals surface area contributed by atoms with Crippen LogP contribution in [0.1, 0.15) is 17.3 Å². The van der Waals surface area contributed by atoms with Crippen LogP contribution in [0.4, 0.5) is 0 Å². The minimum Gasteiger partial charge on any atom is -0.399 e. The highest BCUT2D eigenvalue weighted by Gasteiger charge is 2.36. The summed E-state index contributed by atoms with van der Waals surface area (Å²) >= 11 is 6.35. The molecule has 0 saturated heterocycles. The van der Waals surface area contributed by atoms with Gasteiger partial charge in [-0.25, -0.2) is 0 Å². The molecule has 0 amide bonds. The minimum absolute atomic E-state index is 0.0168. The summed E-state index contributed by atoms with van der Waals surface area (Å²) in [6.45, 7) is 1.80. The molecule has 0 heterocycles. The molecule has 1 aromatic carbocycles. The van der Waals surface area contributed by atoms with E-state index in [1.165, 1.54) is 0 Å². The molecule has 1 aliphatic rings. The predicted octanol–water partition coefficient (Wildman–Crippen LogP) is 2.90. The lowest BCUT2D eigenvalue weighted by Crippen LogP contribution is -2.34. The Morgan fingerprint density at radius 1 is 1.35 bits per heavy atom. The van der Waals surface area contributed by atoms with E-state index in [1.807, 2.05) is 18.2 Å². The number of hydrogen-bond acceptors (Lipinski definition) is 2. The molecule has 0 aromatic heterocycles. The summed E-state index contributed by atoms with van der Waals surface area (Å²) in [7, 11) is 0. The van der Waals surface area contributed by atoms with E-state index in [9.17, 15) is 4.79 Å². The summed E-state index contributed by atoms with van der Waals surface area (Å²) in [6, 6.07) is 9.16. The zero-order chi connectivity index (χ0) is 12.5. The van der Waals surface area contributed by atoms with Crippen molar-refractivity contribution in [2.75, 3.05) is 0 Å². The third kappa shape index (κ3) is 2.42. The van der Waals surface area contributed by atoms with E-state index < -0.39 is 4.87 Å². The van der Waals surface area contributed by atoms with Crippen molar-refractivity contribution in [3.05, 3.63) is 59.8 Å². The normalized spacial score (nSPS) is 27.6.